The maximum Gasteiger partial charge on any atom is 0.320 e. The van der Waals surface area contributed by atoms with E-state index >= 15 is 0 Å². The van der Waals surface area contributed by atoms with Crippen molar-refractivity contribution in [1.29, 1.82) is 0 Å². The molecule has 0 saturated carbocycles. The van der Waals surface area contributed by atoms with Crippen LogP contribution in [0, 0.1) is 5.92 Å². The first-order chi connectivity index (χ1) is 8.63. The molecule has 6 heteroatoms. The fraction of sp³-hybridized carbons (Fsp3) is 0.769. The van der Waals surface area contributed by atoms with Gasteiger partial charge in [-0.2, -0.15) is 0 Å². The zero-order valence-corrected chi connectivity index (χ0v) is 12.0. The first kappa shape index (κ1) is 17.4. The van der Waals surface area contributed by atoms with Crippen LogP contribution in [0.15, 0.2) is 0 Å². The number of ether oxygens (including phenoxy) is 1. The van der Waals surface area contributed by atoms with Crippen molar-refractivity contribution in [3.05, 3.63) is 0 Å². The van der Waals surface area contributed by atoms with Crippen LogP contribution < -0.4 is 5.32 Å². The number of unbranched alkanes of at least 4 members (excludes halogenated alkanes) is 1. The van der Waals surface area contributed by atoms with Crippen LogP contribution in [-0.2, 0) is 19.1 Å². The third-order valence-corrected chi connectivity index (χ3v) is 2.28. The second-order valence-electron chi connectivity index (χ2n) is 5.40. The van der Waals surface area contributed by atoms with E-state index in [0.717, 1.165) is 0 Å². The van der Waals surface area contributed by atoms with E-state index in [1.807, 2.05) is 0 Å². The van der Waals surface area contributed by atoms with E-state index in [9.17, 15) is 14.4 Å². The third-order valence-electron chi connectivity index (χ3n) is 2.28. The van der Waals surface area contributed by atoms with Gasteiger partial charge in [0.2, 0.25) is 5.91 Å². The van der Waals surface area contributed by atoms with Gasteiger partial charge in [0.1, 0.15) is 5.60 Å². The van der Waals surface area contributed by atoms with Crippen molar-refractivity contribution in [3.8, 4) is 0 Å². The number of carboxylic acid groups (broad SMARTS) is 1. The van der Waals surface area contributed by atoms with Gasteiger partial charge in [0.25, 0.3) is 0 Å². The van der Waals surface area contributed by atoms with Crippen LogP contribution in [0.3, 0.4) is 0 Å². The molecule has 0 unspecified atom stereocenters. The molecule has 0 aromatic carbocycles. The lowest BCUT2D eigenvalue weighted by molar-refractivity contribution is -0.167. The Morgan fingerprint density at radius 3 is 2.21 bits per heavy atom. The summed E-state index contributed by atoms with van der Waals surface area (Å²) >= 11 is 0. The highest BCUT2D eigenvalue weighted by atomic mass is 16.6. The topological polar surface area (TPSA) is 92.7 Å². The zero-order valence-electron chi connectivity index (χ0n) is 12.0. The van der Waals surface area contributed by atoms with Gasteiger partial charge in [0, 0.05) is 13.5 Å². The lowest BCUT2D eigenvalue weighted by Gasteiger charge is -2.22. The van der Waals surface area contributed by atoms with E-state index in [0.29, 0.717) is 19.4 Å². The Kier molecular flexibility index (Phi) is 7.11. The summed E-state index contributed by atoms with van der Waals surface area (Å²) in [5.41, 5.74) is -0.693. The molecule has 0 aliphatic rings. The lowest BCUT2D eigenvalue weighted by Crippen LogP contribution is -2.32. The maximum atomic E-state index is 11.7. The average molecular weight is 273 g/mol. The Bertz CT molecular complexity index is 332. The minimum absolute atomic E-state index is 0.123. The summed E-state index contributed by atoms with van der Waals surface area (Å²) in [5.74, 6) is -3.15. The molecule has 0 aliphatic carbocycles. The van der Waals surface area contributed by atoms with Gasteiger partial charge in [0.05, 0.1) is 0 Å². The fourth-order valence-electron chi connectivity index (χ4n) is 1.45. The highest BCUT2D eigenvalue weighted by Gasteiger charge is 2.30. The molecular weight excluding hydrogens is 250 g/mol. The molecule has 0 fully saturated rings. The Balaban J connectivity index is 4.17. The standard InChI is InChI=1S/C13H23NO5/c1-9(15)14-8-6-5-7-10(11(16)17)12(18)19-13(2,3)4/h10H,5-8H2,1-4H3,(H,14,15)(H,16,17)/t10-/m0/s1. The van der Waals surface area contributed by atoms with Gasteiger partial charge in [-0.3, -0.25) is 14.4 Å². The minimum Gasteiger partial charge on any atom is -0.481 e. The summed E-state index contributed by atoms with van der Waals surface area (Å²) in [6.45, 7) is 6.98. The van der Waals surface area contributed by atoms with Crippen molar-refractivity contribution < 1.29 is 24.2 Å². The predicted molar refractivity (Wildman–Crippen MR) is 69.5 cm³/mol. The van der Waals surface area contributed by atoms with Gasteiger partial charge in [-0.1, -0.05) is 6.42 Å². The van der Waals surface area contributed by atoms with Crippen molar-refractivity contribution in [1.82, 2.24) is 5.32 Å². The highest BCUT2D eigenvalue weighted by molar-refractivity contribution is 5.94. The first-order valence-electron chi connectivity index (χ1n) is 6.33. The van der Waals surface area contributed by atoms with Crippen molar-refractivity contribution in [2.75, 3.05) is 6.54 Å². The van der Waals surface area contributed by atoms with Crippen molar-refractivity contribution in [2.45, 2.75) is 52.6 Å². The fourth-order valence-corrected chi connectivity index (χ4v) is 1.45. The van der Waals surface area contributed by atoms with Crippen LogP contribution in [0.4, 0.5) is 0 Å². The predicted octanol–water partition coefficient (Wildman–Crippen LogP) is 1.34. The number of aliphatic carboxylic acids is 1. The molecule has 0 aliphatic heterocycles. The summed E-state index contributed by atoms with van der Waals surface area (Å²) in [4.78, 5) is 33.4. The molecule has 110 valence electrons. The Hall–Kier alpha value is -1.59. The number of amides is 1. The molecule has 0 spiro atoms. The number of hydrogen-bond acceptors (Lipinski definition) is 4. The van der Waals surface area contributed by atoms with Crippen LogP contribution in [0.1, 0.15) is 47.0 Å². The quantitative estimate of drug-likeness (QED) is 0.415. The normalized spacial score (nSPS) is 12.6. The van der Waals surface area contributed by atoms with Gasteiger partial charge < -0.3 is 15.2 Å². The zero-order chi connectivity index (χ0) is 15.1. The molecule has 1 amide bonds. The Labute approximate surface area is 113 Å². The number of hydrogen-bond donors (Lipinski definition) is 2. The smallest absolute Gasteiger partial charge is 0.320 e. The van der Waals surface area contributed by atoms with E-state index in [1.165, 1.54) is 6.92 Å². The number of carbonyl (C=O) groups excluding carboxylic acids is 2. The van der Waals surface area contributed by atoms with Gasteiger partial charge in [-0.05, 0) is 33.6 Å². The molecule has 0 bridgehead atoms. The molecular formula is C13H23NO5. The maximum absolute atomic E-state index is 11.7. The first-order valence-corrected chi connectivity index (χ1v) is 6.33. The summed E-state index contributed by atoms with van der Waals surface area (Å²) < 4.78 is 5.07. The van der Waals surface area contributed by atoms with Crippen molar-refractivity contribution >= 4 is 17.8 Å². The van der Waals surface area contributed by atoms with Gasteiger partial charge >= 0.3 is 11.9 Å². The molecule has 0 aromatic rings. The van der Waals surface area contributed by atoms with Crippen LogP contribution in [0.25, 0.3) is 0 Å². The van der Waals surface area contributed by atoms with E-state index in [1.54, 1.807) is 20.8 Å². The largest absolute Gasteiger partial charge is 0.481 e. The van der Waals surface area contributed by atoms with E-state index in [2.05, 4.69) is 5.32 Å². The van der Waals surface area contributed by atoms with E-state index in [4.69, 9.17) is 9.84 Å². The number of carboxylic acids is 1. The van der Waals surface area contributed by atoms with E-state index in [-0.39, 0.29) is 12.3 Å². The monoisotopic (exact) mass is 273 g/mol. The molecule has 0 heterocycles. The van der Waals surface area contributed by atoms with Gasteiger partial charge in [-0.15, -0.1) is 0 Å². The van der Waals surface area contributed by atoms with Crippen LogP contribution in [0.2, 0.25) is 0 Å². The molecule has 19 heavy (non-hydrogen) atoms. The number of esters is 1. The molecule has 0 rings (SSSR count). The van der Waals surface area contributed by atoms with E-state index < -0.39 is 23.5 Å². The lowest BCUT2D eigenvalue weighted by atomic mass is 10.0. The van der Waals surface area contributed by atoms with Gasteiger partial charge in [-0.25, -0.2) is 0 Å². The molecule has 2 N–H and O–H groups in total. The van der Waals surface area contributed by atoms with Crippen molar-refractivity contribution in [2.24, 2.45) is 5.92 Å². The summed E-state index contributed by atoms with van der Waals surface area (Å²) in [6.07, 6.45) is 1.38. The highest BCUT2D eigenvalue weighted by Crippen LogP contribution is 2.16. The van der Waals surface area contributed by atoms with Crippen LogP contribution >= 0.6 is 0 Å². The summed E-state index contributed by atoms with van der Waals surface area (Å²) in [6, 6.07) is 0. The molecule has 0 radical (unpaired) electrons. The Morgan fingerprint density at radius 1 is 1.21 bits per heavy atom. The molecule has 0 aromatic heterocycles. The molecule has 6 nitrogen and oxygen atoms in total. The van der Waals surface area contributed by atoms with Gasteiger partial charge in [0.15, 0.2) is 5.92 Å². The SMILES string of the molecule is CC(=O)NCCCC[C@@H](C(=O)O)C(=O)OC(C)(C)C. The second-order valence-corrected chi connectivity index (χ2v) is 5.40. The summed E-state index contributed by atoms with van der Waals surface area (Å²) in [7, 11) is 0. The Morgan fingerprint density at radius 2 is 1.79 bits per heavy atom. The van der Waals surface area contributed by atoms with Crippen LogP contribution in [0.5, 0.6) is 0 Å². The molecule has 1 atom stereocenters. The average Bonchev–Trinajstić information content (AvgIpc) is 2.19. The summed E-state index contributed by atoms with van der Waals surface area (Å²) in [5, 5.41) is 11.6. The van der Waals surface area contributed by atoms with Crippen LogP contribution in [-0.4, -0.2) is 35.1 Å². The molecule has 0 saturated heterocycles. The third kappa shape index (κ3) is 9.04. The number of rotatable bonds is 7. The minimum atomic E-state index is -1.17. The number of nitrogens with one attached hydrogen (secondary N) is 1. The second kappa shape index (κ2) is 7.76. The van der Waals surface area contributed by atoms with Crippen molar-refractivity contribution in [3.63, 3.8) is 0 Å². The number of carbonyl (C=O) groups is 3.